The number of amides is 2. The first-order chi connectivity index (χ1) is 12.6. The third-order valence-electron chi connectivity index (χ3n) is 4.33. The van der Waals surface area contributed by atoms with E-state index in [1.807, 2.05) is 0 Å². The van der Waals surface area contributed by atoms with Crippen LogP contribution in [0.5, 0.6) is 0 Å². The Morgan fingerprint density at radius 2 is 1.88 bits per heavy atom. The lowest BCUT2D eigenvalue weighted by Crippen LogP contribution is -2.46. The first-order valence-corrected chi connectivity index (χ1v) is 8.55. The van der Waals surface area contributed by atoms with Crippen LogP contribution >= 0.6 is 0 Å². The van der Waals surface area contributed by atoms with E-state index in [2.05, 4.69) is 10.3 Å². The lowest BCUT2D eigenvalue weighted by molar-refractivity contribution is -0.117. The second-order valence-electron chi connectivity index (χ2n) is 6.20. The Kier molecular flexibility index (Phi) is 5.73. The lowest BCUT2D eigenvalue weighted by Gasteiger charge is -2.32. The highest BCUT2D eigenvalue weighted by Crippen LogP contribution is 2.14. The number of nitrogens with zero attached hydrogens (tertiary/aromatic N) is 2. The normalized spacial score (nSPS) is 15.2. The summed E-state index contributed by atoms with van der Waals surface area (Å²) in [5.41, 5.74) is 1.34. The molecular formula is C20H20FN3O2. The minimum atomic E-state index is -0.306. The molecule has 2 aromatic rings. The molecule has 1 fully saturated rings. The van der Waals surface area contributed by atoms with Crippen LogP contribution in [0.4, 0.5) is 4.39 Å². The SMILES string of the molecule is O=C(/C=C/c1ccc(F)cc1)NC1CCN(C(=O)c2cccnc2)CC1. The number of halogens is 1. The Morgan fingerprint density at radius 1 is 1.15 bits per heavy atom. The molecule has 5 nitrogen and oxygen atoms in total. The number of hydrogen-bond donors (Lipinski definition) is 1. The number of benzene rings is 1. The van der Waals surface area contributed by atoms with Crippen LogP contribution in [0, 0.1) is 5.82 Å². The van der Waals surface area contributed by atoms with Crippen molar-refractivity contribution in [2.24, 2.45) is 0 Å². The number of piperidine rings is 1. The van der Waals surface area contributed by atoms with Gasteiger partial charge in [0.15, 0.2) is 0 Å². The van der Waals surface area contributed by atoms with E-state index in [9.17, 15) is 14.0 Å². The van der Waals surface area contributed by atoms with Gasteiger partial charge in [-0.05, 0) is 48.7 Å². The highest BCUT2D eigenvalue weighted by molar-refractivity contribution is 5.94. The topological polar surface area (TPSA) is 62.3 Å². The van der Waals surface area contributed by atoms with Crippen molar-refractivity contribution in [3.63, 3.8) is 0 Å². The van der Waals surface area contributed by atoms with Gasteiger partial charge in [0.25, 0.3) is 5.91 Å². The Hall–Kier alpha value is -3.02. The molecule has 0 saturated carbocycles. The van der Waals surface area contributed by atoms with Crippen LogP contribution in [0.25, 0.3) is 6.08 Å². The predicted octanol–water partition coefficient (Wildman–Crippen LogP) is 2.65. The molecule has 0 unspecified atom stereocenters. The molecule has 1 N–H and O–H groups in total. The van der Waals surface area contributed by atoms with Gasteiger partial charge in [0.05, 0.1) is 5.56 Å². The van der Waals surface area contributed by atoms with Gasteiger partial charge in [-0.2, -0.15) is 0 Å². The molecule has 134 valence electrons. The Labute approximate surface area is 151 Å². The summed E-state index contributed by atoms with van der Waals surface area (Å²) in [5.74, 6) is -0.523. The first kappa shape index (κ1) is 17.8. The molecule has 1 aromatic heterocycles. The molecule has 3 rings (SSSR count). The maximum absolute atomic E-state index is 12.9. The van der Waals surface area contributed by atoms with E-state index in [4.69, 9.17) is 0 Å². The molecule has 26 heavy (non-hydrogen) atoms. The molecular weight excluding hydrogens is 333 g/mol. The molecule has 0 radical (unpaired) electrons. The molecule has 1 aliphatic heterocycles. The van der Waals surface area contributed by atoms with Gasteiger partial charge in [0.2, 0.25) is 5.91 Å². The Balaban J connectivity index is 1.47. The second-order valence-corrected chi connectivity index (χ2v) is 6.20. The summed E-state index contributed by atoms with van der Waals surface area (Å²) in [6.07, 6.45) is 7.72. The second kappa shape index (κ2) is 8.38. The highest BCUT2D eigenvalue weighted by Gasteiger charge is 2.24. The fourth-order valence-corrected chi connectivity index (χ4v) is 2.89. The third-order valence-corrected chi connectivity index (χ3v) is 4.33. The van der Waals surface area contributed by atoms with E-state index in [1.165, 1.54) is 18.2 Å². The van der Waals surface area contributed by atoms with E-state index >= 15 is 0 Å². The van der Waals surface area contributed by atoms with E-state index < -0.39 is 0 Å². The molecule has 2 heterocycles. The molecule has 0 spiro atoms. The molecule has 1 aliphatic rings. The summed E-state index contributed by atoms with van der Waals surface area (Å²) in [7, 11) is 0. The average Bonchev–Trinajstić information content (AvgIpc) is 2.68. The summed E-state index contributed by atoms with van der Waals surface area (Å²) in [6.45, 7) is 1.20. The van der Waals surface area contributed by atoms with E-state index in [-0.39, 0.29) is 23.7 Å². The van der Waals surface area contributed by atoms with Crippen LogP contribution in [-0.4, -0.2) is 40.8 Å². The fraction of sp³-hybridized carbons (Fsp3) is 0.250. The van der Waals surface area contributed by atoms with Gasteiger partial charge in [0, 0.05) is 37.6 Å². The van der Waals surface area contributed by atoms with Crippen molar-refractivity contribution in [3.05, 3.63) is 71.8 Å². The summed E-state index contributed by atoms with van der Waals surface area (Å²) in [5, 5.41) is 2.95. The lowest BCUT2D eigenvalue weighted by atomic mass is 10.0. The van der Waals surface area contributed by atoms with Gasteiger partial charge in [-0.1, -0.05) is 12.1 Å². The average molecular weight is 353 g/mol. The summed E-state index contributed by atoms with van der Waals surface area (Å²) in [6, 6.07) is 9.47. The number of likely N-dealkylation sites (tertiary alicyclic amines) is 1. The van der Waals surface area contributed by atoms with Crippen molar-refractivity contribution in [1.29, 1.82) is 0 Å². The number of carbonyl (C=O) groups is 2. The summed E-state index contributed by atoms with van der Waals surface area (Å²) in [4.78, 5) is 30.2. The quantitative estimate of drug-likeness (QED) is 0.860. The standard InChI is InChI=1S/C20H20FN3O2/c21-17-6-3-15(4-7-17)5-8-19(25)23-18-9-12-24(13-10-18)20(26)16-2-1-11-22-14-16/h1-8,11,14,18H,9-10,12-13H2,(H,23,25)/b8-5+. The molecule has 0 aliphatic carbocycles. The van der Waals surface area contributed by atoms with Crippen LogP contribution < -0.4 is 5.32 Å². The maximum Gasteiger partial charge on any atom is 0.255 e. The third kappa shape index (κ3) is 4.75. The Morgan fingerprint density at radius 3 is 2.54 bits per heavy atom. The Bertz CT molecular complexity index is 782. The zero-order valence-electron chi connectivity index (χ0n) is 14.3. The zero-order chi connectivity index (χ0) is 18.4. The molecule has 2 amide bonds. The number of aromatic nitrogens is 1. The van der Waals surface area contributed by atoms with E-state index in [0.29, 0.717) is 31.5 Å². The van der Waals surface area contributed by atoms with Gasteiger partial charge in [-0.15, -0.1) is 0 Å². The highest BCUT2D eigenvalue weighted by atomic mass is 19.1. The molecule has 1 aromatic carbocycles. The van der Waals surface area contributed by atoms with Gasteiger partial charge < -0.3 is 10.2 Å². The van der Waals surface area contributed by atoms with Crippen molar-refractivity contribution in [3.8, 4) is 0 Å². The van der Waals surface area contributed by atoms with Crippen molar-refractivity contribution < 1.29 is 14.0 Å². The van der Waals surface area contributed by atoms with Crippen molar-refractivity contribution in [2.75, 3.05) is 13.1 Å². The van der Waals surface area contributed by atoms with Gasteiger partial charge >= 0.3 is 0 Å². The van der Waals surface area contributed by atoms with Crippen LogP contribution in [-0.2, 0) is 4.79 Å². The molecule has 6 heteroatoms. The van der Waals surface area contributed by atoms with Gasteiger partial charge in [0.1, 0.15) is 5.82 Å². The monoisotopic (exact) mass is 353 g/mol. The maximum atomic E-state index is 12.9. The van der Waals surface area contributed by atoms with Crippen molar-refractivity contribution in [1.82, 2.24) is 15.2 Å². The summed E-state index contributed by atoms with van der Waals surface area (Å²) >= 11 is 0. The largest absolute Gasteiger partial charge is 0.350 e. The van der Waals surface area contributed by atoms with Crippen molar-refractivity contribution >= 4 is 17.9 Å². The molecule has 1 saturated heterocycles. The number of rotatable bonds is 4. The first-order valence-electron chi connectivity index (χ1n) is 8.55. The molecule has 0 atom stereocenters. The molecule has 0 bridgehead atoms. The summed E-state index contributed by atoms with van der Waals surface area (Å²) < 4.78 is 12.9. The number of nitrogens with one attached hydrogen (secondary N) is 1. The van der Waals surface area contributed by atoms with Crippen LogP contribution in [0.15, 0.2) is 54.9 Å². The van der Waals surface area contributed by atoms with Crippen molar-refractivity contribution in [2.45, 2.75) is 18.9 Å². The van der Waals surface area contributed by atoms with Gasteiger partial charge in [-0.25, -0.2) is 4.39 Å². The van der Waals surface area contributed by atoms with Crippen LogP contribution in [0.2, 0.25) is 0 Å². The number of hydrogen-bond acceptors (Lipinski definition) is 3. The smallest absolute Gasteiger partial charge is 0.255 e. The fourth-order valence-electron chi connectivity index (χ4n) is 2.89. The van der Waals surface area contributed by atoms with Crippen LogP contribution in [0.3, 0.4) is 0 Å². The van der Waals surface area contributed by atoms with E-state index in [1.54, 1.807) is 47.6 Å². The van der Waals surface area contributed by atoms with Gasteiger partial charge in [-0.3, -0.25) is 14.6 Å². The number of pyridine rings is 1. The van der Waals surface area contributed by atoms with E-state index in [0.717, 1.165) is 5.56 Å². The predicted molar refractivity (Wildman–Crippen MR) is 96.7 cm³/mol. The number of carbonyl (C=O) groups excluding carboxylic acids is 2. The minimum absolute atomic E-state index is 0.0286. The minimum Gasteiger partial charge on any atom is -0.350 e. The zero-order valence-corrected chi connectivity index (χ0v) is 14.3. The van der Waals surface area contributed by atoms with Crippen LogP contribution in [0.1, 0.15) is 28.8 Å².